The van der Waals surface area contributed by atoms with E-state index in [2.05, 4.69) is 16.0 Å². The van der Waals surface area contributed by atoms with E-state index in [0.29, 0.717) is 11.4 Å². The van der Waals surface area contributed by atoms with Crippen LogP contribution in [0.15, 0.2) is 78.9 Å². The fourth-order valence-corrected chi connectivity index (χ4v) is 4.34. The van der Waals surface area contributed by atoms with Crippen LogP contribution >= 0.6 is 0 Å². The Labute approximate surface area is 226 Å². The monoisotopic (exact) mass is 536 g/mol. The Kier molecular flexibility index (Phi) is 6.46. The predicted molar refractivity (Wildman–Crippen MR) is 145 cm³/mol. The van der Waals surface area contributed by atoms with Crippen LogP contribution in [-0.2, 0) is 0 Å². The van der Waals surface area contributed by atoms with Crippen LogP contribution in [-0.4, -0.2) is 44.8 Å². The maximum Gasteiger partial charge on any atom is 0.337 e. The first-order valence-corrected chi connectivity index (χ1v) is 11.8. The van der Waals surface area contributed by atoms with Crippen LogP contribution < -0.4 is 16.0 Å². The van der Waals surface area contributed by atoms with Crippen molar-refractivity contribution in [2.75, 3.05) is 10.6 Å². The van der Waals surface area contributed by atoms with Gasteiger partial charge in [0.05, 0.1) is 22.3 Å². The Morgan fingerprint density at radius 2 is 1.23 bits per heavy atom. The molecule has 0 aromatic heterocycles. The number of phenolic OH excluding ortho intramolecular Hbond substituents is 2. The van der Waals surface area contributed by atoms with Gasteiger partial charge in [0, 0.05) is 16.9 Å². The van der Waals surface area contributed by atoms with E-state index in [1.807, 2.05) is 0 Å². The van der Waals surface area contributed by atoms with Gasteiger partial charge in [-0.3, -0.25) is 25.1 Å². The van der Waals surface area contributed by atoms with Crippen LogP contribution in [0, 0.1) is 5.41 Å². The van der Waals surface area contributed by atoms with Crippen molar-refractivity contribution >= 4 is 40.9 Å². The van der Waals surface area contributed by atoms with Crippen molar-refractivity contribution in [3.8, 4) is 22.6 Å². The van der Waals surface area contributed by atoms with Crippen molar-refractivity contribution in [3.63, 3.8) is 0 Å². The fourth-order valence-electron chi connectivity index (χ4n) is 4.34. The number of anilines is 2. The molecule has 1 heterocycles. The Morgan fingerprint density at radius 1 is 0.675 bits per heavy atom. The zero-order valence-corrected chi connectivity index (χ0v) is 20.5. The molecule has 0 spiro atoms. The average Bonchev–Trinajstić information content (AvgIpc) is 3.22. The number of fused-ring (bicyclic) bond motifs is 1. The minimum absolute atomic E-state index is 0.0131. The Hall–Kier alpha value is -5.97. The van der Waals surface area contributed by atoms with Gasteiger partial charge in [-0.2, -0.15) is 0 Å². The first-order valence-electron chi connectivity index (χ1n) is 11.8. The Balaban J connectivity index is 1.66. The van der Waals surface area contributed by atoms with Gasteiger partial charge in [-0.05, 0) is 77.9 Å². The van der Waals surface area contributed by atoms with Gasteiger partial charge in [-0.1, -0.05) is 12.1 Å². The maximum absolute atomic E-state index is 13.4. The summed E-state index contributed by atoms with van der Waals surface area (Å²) in [5.74, 6) is -3.79. The van der Waals surface area contributed by atoms with Crippen LogP contribution in [0.25, 0.3) is 11.1 Å². The van der Waals surface area contributed by atoms with E-state index in [0.717, 1.165) is 0 Å². The van der Waals surface area contributed by atoms with E-state index in [-0.39, 0.29) is 50.4 Å². The summed E-state index contributed by atoms with van der Waals surface area (Å²) in [7, 11) is 0. The van der Waals surface area contributed by atoms with Crippen LogP contribution in [0.1, 0.15) is 47.0 Å². The zero-order chi connectivity index (χ0) is 28.6. The minimum Gasteiger partial charge on any atom is -0.508 e. The molecule has 5 rings (SSSR count). The molecule has 0 atom stereocenters. The number of aromatic hydroxyl groups is 2. The van der Waals surface area contributed by atoms with E-state index in [9.17, 15) is 34.5 Å². The highest BCUT2D eigenvalue weighted by molar-refractivity contribution is 6.23. The number of rotatable bonds is 6. The van der Waals surface area contributed by atoms with Crippen molar-refractivity contribution in [2.45, 2.75) is 0 Å². The standard InChI is InChI=1S/C29H20N4O7/c30-25(31-15-2-6-17(34)7-3-15)23-21(27(37)32-16-4-8-18(35)9-5-16)12-11-19(24(23)29(39)40)14-1-10-20-22(13-14)28(38)33-26(20)36/h1-13,34-35H,(H2,30,31)(H,32,37)(H,39,40)(H,33,36,38). The number of amidine groups is 1. The van der Waals surface area contributed by atoms with Gasteiger partial charge >= 0.3 is 5.97 Å². The number of nitrogens with one attached hydrogen (secondary N) is 4. The van der Waals surface area contributed by atoms with Crippen molar-refractivity contribution < 1.29 is 34.5 Å². The molecule has 0 unspecified atom stereocenters. The third-order valence-corrected chi connectivity index (χ3v) is 6.22. The van der Waals surface area contributed by atoms with E-state index in [1.165, 1.54) is 78.9 Å². The number of imide groups is 1. The molecule has 0 fully saturated rings. The predicted octanol–water partition coefficient (Wildman–Crippen LogP) is 4.04. The van der Waals surface area contributed by atoms with Crippen LogP contribution in [0.4, 0.5) is 11.4 Å². The largest absolute Gasteiger partial charge is 0.508 e. The molecule has 40 heavy (non-hydrogen) atoms. The SMILES string of the molecule is N=C(Nc1ccc(O)cc1)c1c(C(=O)Nc2ccc(O)cc2)ccc(-c2ccc3c(c2)C(=O)NC3=O)c1C(=O)O. The first-order chi connectivity index (χ1) is 19.1. The van der Waals surface area contributed by atoms with Gasteiger partial charge in [0.2, 0.25) is 0 Å². The molecule has 4 aromatic carbocycles. The lowest BCUT2D eigenvalue weighted by atomic mass is 9.89. The van der Waals surface area contributed by atoms with E-state index in [4.69, 9.17) is 5.41 Å². The van der Waals surface area contributed by atoms with E-state index in [1.54, 1.807) is 0 Å². The highest BCUT2D eigenvalue weighted by Crippen LogP contribution is 2.32. The lowest BCUT2D eigenvalue weighted by molar-refractivity contribution is 0.0696. The number of aromatic carboxylic acids is 1. The summed E-state index contributed by atoms with van der Waals surface area (Å²) >= 11 is 0. The average molecular weight is 537 g/mol. The molecule has 0 aliphatic carbocycles. The second kappa shape index (κ2) is 10.1. The smallest absolute Gasteiger partial charge is 0.337 e. The van der Waals surface area contributed by atoms with Crippen molar-refractivity contribution in [1.29, 1.82) is 5.41 Å². The molecule has 0 radical (unpaired) electrons. The van der Waals surface area contributed by atoms with Gasteiger partial charge in [0.25, 0.3) is 17.7 Å². The third kappa shape index (κ3) is 4.82. The highest BCUT2D eigenvalue weighted by Gasteiger charge is 2.30. The van der Waals surface area contributed by atoms with Crippen molar-refractivity contribution in [3.05, 3.63) is 107 Å². The van der Waals surface area contributed by atoms with E-state index < -0.39 is 29.5 Å². The molecule has 11 heteroatoms. The topological polar surface area (TPSA) is 189 Å². The van der Waals surface area contributed by atoms with Gasteiger partial charge in [-0.15, -0.1) is 0 Å². The summed E-state index contributed by atoms with van der Waals surface area (Å²) in [6, 6.07) is 18.4. The van der Waals surface area contributed by atoms with Gasteiger partial charge in [0.1, 0.15) is 17.3 Å². The van der Waals surface area contributed by atoms with Crippen LogP contribution in [0.5, 0.6) is 11.5 Å². The summed E-state index contributed by atoms with van der Waals surface area (Å²) in [6.45, 7) is 0. The number of hydrogen-bond acceptors (Lipinski definition) is 7. The summed E-state index contributed by atoms with van der Waals surface area (Å²) in [5.41, 5.74) is 0.517. The summed E-state index contributed by atoms with van der Waals surface area (Å²) < 4.78 is 0. The van der Waals surface area contributed by atoms with Gasteiger partial charge < -0.3 is 26.0 Å². The lowest BCUT2D eigenvalue weighted by Crippen LogP contribution is -2.24. The molecule has 11 nitrogen and oxygen atoms in total. The second-order valence-corrected chi connectivity index (χ2v) is 8.81. The third-order valence-electron chi connectivity index (χ3n) is 6.22. The summed E-state index contributed by atoms with van der Waals surface area (Å²) in [5, 5.41) is 45.8. The number of carboxylic acids is 1. The quantitative estimate of drug-likeness (QED) is 0.0832. The highest BCUT2D eigenvalue weighted by atomic mass is 16.4. The molecular weight excluding hydrogens is 516 g/mol. The second-order valence-electron chi connectivity index (χ2n) is 8.81. The number of benzene rings is 4. The fraction of sp³-hybridized carbons (Fsp3) is 0. The first kappa shape index (κ1) is 25.7. The molecule has 7 N–H and O–H groups in total. The minimum atomic E-state index is -1.44. The molecule has 0 saturated heterocycles. The summed E-state index contributed by atoms with van der Waals surface area (Å²) in [4.78, 5) is 50.3. The lowest BCUT2D eigenvalue weighted by Gasteiger charge is -2.18. The number of amides is 3. The maximum atomic E-state index is 13.4. The van der Waals surface area contributed by atoms with Crippen molar-refractivity contribution in [1.82, 2.24) is 5.32 Å². The number of hydrogen-bond donors (Lipinski definition) is 7. The Bertz CT molecular complexity index is 1730. The van der Waals surface area contributed by atoms with Crippen molar-refractivity contribution in [2.24, 2.45) is 0 Å². The summed E-state index contributed by atoms with van der Waals surface area (Å²) in [6.07, 6.45) is 0. The van der Waals surface area contributed by atoms with Crippen LogP contribution in [0.3, 0.4) is 0 Å². The molecule has 0 bridgehead atoms. The van der Waals surface area contributed by atoms with E-state index >= 15 is 0 Å². The molecule has 1 aliphatic rings. The van der Waals surface area contributed by atoms with Gasteiger partial charge in [-0.25, -0.2) is 4.79 Å². The molecule has 198 valence electrons. The molecule has 0 saturated carbocycles. The zero-order valence-electron chi connectivity index (χ0n) is 20.5. The number of carboxylic acid groups (broad SMARTS) is 1. The number of carbonyl (C=O) groups excluding carboxylic acids is 3. The molecular formula is C29H20N4O7. The number of carbonyl (C=O) groups is 4. The molecule has 1 aliphatic heterocycles. The normalized spacial score (nSPS) is 11.9. The van der Waals surface area contributed by atoms with Crippen LogP contribution in [0.2, 0.25) is 0 Å². The number of phenols is 2. The molecule has 4 aromatic rings. The Morgan fingerprint density at radius 3 is 1.82 bits per heavy atom. The molecule has 3 amide bonds. The van der Waals surface area contributed by atoms with Gasteiger partial charge in [0.15, 0.2) is 0 Å².